The van der Waals surface area contributed by atoms with Crippen molar-refractivity contribution in [2.75, 3.05) is 6.54 Å². The quantitative estimate of drug-likeness (QED) is 0.473. The first kappa shape index (κ1) is 23.9. The third-order valence-electron chi connectivity index (χ3n) is 6.16. The number of nitrogens with one attached hydrogen (secondary N) is 2. The fraction of sp³-hybridized carbons (Fsp3) is 0.346. The van der Waals surface area contributed by atoms with E-state index in [1.807, 2.05) is 0 Å². The number of rotatable bonds is 8. The molecule has 8 heteroatoms. The zero-order valence-electron chi connectivity index (χ0n) is 19.0. The number of fused-ring (bicyclic) bond motifs is 1. The van der Waals surface area contributed by atoms with Crippen molar-refractivity contribution in [1.82, 2.24) is 20.6 Å². The van der Waals surface area contributed by atoms with Crippen molar-refractivity contribution in [2.45, 2.75) is 50.8 Å². The van der Waals surface area contributed by atoms with Gasteiger partial charge in [0.2, 0.25) is 5.91 Å². The second-order valence-corrected chi connectivity index (χ2v) is 8.75. The summed E-state index contributed by atoms with van der Waals surface area (Å²) in [5, 5.41) is 17.0. The van der Waals surface area contributed by atoms with Crippen LogP contribution in [0.3, 0.4) is 0 Å². The average molecular weight is 467 g/mol. The van der Waals surface area contributed by atoms with Gasteiger partial charge >= 0.3 is 0 Å². The molecular weight excluding hydrogens is 438 g/mol. The molecule has 34 heavy (non-hydrogen) atoms. The van der Waals surface area contributed by atoms with E-state index in [1.165, 1.54) is 36.5 Å². The lowest BCUT2D eigenvalue weighted by atomic mass is 9.85. The normalized spacial score (nSPS) is 17.0. The summed E-state index contributed by atoms with van der Waals surface area (Å²) in [5.41, 5.74) is 4.75. The summed E-state index contributed by atoms with van der Waals surface area (Å²) < 4.78 is 27.2. The van der Waals surface area contributed by atoms with Crippen LogP contribution in [0.4, 0.5) is 8.78 Å². The van der Waals surface area contributed by atoms with Gasteiger partial charge in [-0.25, -0.2) is 18.7 Å². The zero-order valence-corrected chi connectivity index (χ0v) is 19.0. The topological polar surface area (TPSA) is 87.1 Å². The Hall–Kier alpha value is -3.23. The number of aryl methyl sites for hydroxylation is 1. The molecule has 1 amide bonds. The first-order chi connectivity index (χ1) is 16.4. The minimum Gasteiger partial charge on any atom is -0.390 e. The second-order valence-electron chi connectivity index (χ2n) is 8.75. The molecule has 4 rings (SSSR count). The molecule has 3 aromatic rings. The van der Waals surface area contributed by atoms with Crippen molar-refractivity contribution < 1.29 is 18.7 Å². The van der Waals surface area contributed by atoms with E-state index >= 15 is 0 Å². The second kappa shape index (κ2) is 10.8. The molecule has 6 nitrogen and oxygen atoms in total. The van der Waals surface area contributed by atoms with Gasteiger partial charge in [-0.15, -0.1) is 0 Å². The van der Waals surface area contributed by atoms with Crippen LogP contribution in [-0.4, -0.2) is 39.7 Å². The van der Waals surface area contributed by atoms with E-state index < -0.39 is 23.8 Å². The molecule has 0 aliphatic heterocycles. The lowest BCUT2D eigenvalue weighted by molar-refractivity contribution is -0.120. The van der Waals surface area contributed by atoms with E-state index in [2.05, 4.69) is 38.8 Å². The maximum atomic E-state index is 13.6. The Labute approximate surface area is 197 Å². The molecule has 0 unspecified atom stereocenters. The highest BCUT2D eigenvalue weighted by Crippen LogP contribution is 2.33. The number of amides is 1. The van der Waals surface area contributed by atoms with Gasteiger partial charge in [-0.3, -0.25) is 4.79 Å². The van der Waals surface area contributed by atoms with Crippen LogP contribution >= 0.6 is 0 Å². The number of carbonyl (C=O) groups is 1. The predicted molar refractivity (Wildman–Crippen MR) is 125 cm³/mol. The molecule has 0 bridgehead atoms. The first-order valence-electron chi connectivity index (χ1n) is 11.4. The van der Waals surface area contributed by atoms with E-state index in [9.17, 15) is 18.7 Å². The van der Waals surface area contributed by atoms with Crippen LogP contribution in [0.25, 0.3) is 11.1 Å². The van der Waals surface area contributed by atoms with Crippen molar-refractivity contribution in [3.8, 4) is 11.1 Å². The SMILES string of the molecule is CC(=O)N[C@@H](Cc1cc(F)cc(F)c1)[C@H](O)CN[C@H]1CCCc2ccc(-c3cncnc3)cc21. The molecule has 1 aliphatic carbocycles. The number of aromatic nitrogens is 2. The summed E-state index contributed by atoms with van der Waals surface area (Å²) in [6.45, 7) is 1.57. The van der Waals surface area contributed by atoms with Gasteiger partial charge in [0.15, 0.2) is 0 Å². The Kier molecular flexibility index (Phi) is 7.59. The van der Waals surface area contributed by atoms with Crippen molar-refractivity contribution in [3.05, 3.63) is 83.4 Å². The molecule has 0 saturated carbocycles. The molecule has 0 saturated heterocycles. The van der Waals surface area contributed by atoms with Gasteiger partial charge in [-0.1, -0.05) is 12.1 Å². The van der Waals surface area contributed by atoms with Crippen LogP contribution in [0.1, 0.15) is 42.5 Å². The van der Waals surface area contributed by atoms with Crippen LogP contribution in [-0.2, 0) is 17.6 Å². The lowest BCUT2D eigenvalue weighted by Crippen LogP contribution is -2.48. The third-order valence-corrected chi connectivity index (χ3v) is 6.16. The highest BCUT2D eigenvalue weighted by molar-refractivity contribution is 5.73. The summed E-state index contributed by atoms with van der Waals surface area (Å²) in [7, 11) is 0. The maximum absolute atomic E-state index is 13.6. The smallest absolute Gasteiger partial charge is 0.217 e. The van der Waals surface area contributed by atoms with Gasteiger partial charge in [-0.2, -0.15) is 0 Å². The largest absolute Gasteiger partial charge is 0.390 e. The van der Waals surface area contributed by atoms with Crippen molar-refractivity contribution in [3.63, 3.8) is 0 Å². The summed E-state index contributed by atoms with van der Waals surface area (Å²) in [6, 6.07) is 8.90. The van der Waals surface area contributed by atoms with E-state index in [1.54, 1.807) is 12.4 Å². The van der Waals surface area contributed by atoms with E-state index in [-0.39, 0.29) is 24.9 Å². The van der Waals surface area contributed by atoms with Crippen molar-refractivity contribution in [1.29, 1.82) is 0 Å². The maximum Gasteiger partial charge on any atom is 0.217 e. The number of benzene rings is 2. The summed E-state index contributed by atoms with van der Waals surface area (Å²) in [5.74, 6) is -1.70. The average Bonchev–Trinajstić information content (AvgIpc) is 2.81. The zero-order chi connectivity index (χ0) is 24.1. The monoisotopic (exact) mass is 466 g/mol. The molecule has 0 fully saturated rings. The molecule has 0 radical (unpaired) electrons. The van der Waals surface area contributed by atoms with E-state index in [0.29, 0.717) is 5.56 Å². The molecule has 3 atom stereocenters. The Morgan fingerprint density at radius 2 is 1.85 bits per heavy atom. The molecule has 0 spiro atoms. The van der Waals surface area contributed by atoms with Gasteiger partial charge in [0.1, 0.15) is 18.0 Å². The molecule has 1 heterocycles. The minimum atomic E-state index is -0.952. The summed E-state index contributed by atoms with van der Waals surface area (Å²) in [4.78, 5) is 19.9. The Balaban J connectivity index is 1.48. The fourth-order valence-electron chi connectivity index (χ4n) is 4.57. The van der Waals surface area contributed by atoms with Gasteiger partial charge in [0.25, 0.3) is 0 Å². The van der Waals surface area contributed by atoms with Crippen LogP contribution in [0.15, 0.2) is 55.1 Å². The Morgan fingerprint density at radius 1 is 1.12 bits per heavy atom. The van der Waals surface area contributed by atoms with Gasteiger partial charge < -0.3 is 15.7 Å². The number of hydrogen-bond donors (Lipinski definition) is 3. The number of aliphatic hydroxyl groups excluding tert-OH is 1. The summed E-state index contributed by atoms with van der Waals surface area (Å²) >= 11 is 0. The van der Waals surface area contributed by atoms with Crippen molar-refractivity contribution >= 4 is 5.91 Å². The molecule has 1 aliphatic rings. The third kappa shape index (κ3) is 6.01. The van der Waals surface area contributed by atoms with Crippen LogP contribution in [0.5, 0.6) is 0 Å². The number of halogens is 2. The van der Waals surface area contributed by atoms with Crippen LogP contribution in [0.2, 0.25) is 0 Å². The van der Waals surface area contributed by atoms with Gasteiger partial charge in [0, 0.05) is 43.5 Å². The van der Waals surface area contributed by atoms with E-state index in [0.717, 1.165) is 36.5 Å². The summed E-state index contributed by atoms with van der Waals surface area (Å²) in [6.07, 6.45) is 7.12. The molecule has 178 valence electrons. The lowest BCUT2D eigenvalue weighted by Gasteiger charge is -2.30. The van der Waals surface area contributed by atoms with Gasteiger partial charge in [0.05, 0.1) is 12.1 Å². The van der Waals surface area contributed by atoms with Gasteiger partial charge in [-0.05, 0) is 66.1 Å². The molecule has 2 aromatic carbocycles. The Bertz CT molecular complexity index is 1120. The first-order valence-corrected chi connectivity index (χ1v) is 11.4. The van der Waals surface area contributed by atoms with Crippen LogP contribution in [0, 0.1) is 11.6 Å². The van der Waals surface area contributed by atoms with E-state index in [4.69, 9.17) is 0 Å². The van der Waals surface area contributed by atoms with Crippen LogP contribution < -0.4 is 10.6 Å². The highest BCUT2D eigenvalue weighted by atomic mass is 19.1. The predicted octanol–water partition coefficient (Wildman–Crippen LogP) is 3.50. The number of nitrogens with zero attached hydrogens (tertiary/aromatic N) is 2. The van der Waals surface area contributed by atoms with Crippen molar-refractivity contribution in [2.24, 2.45) is 0 Å². The number of aliphatic hydroxyl groups is 1. The standard InChI is InChI=1S/C26H28F2N4O2/c1-16(33)32-25(9-17-7-21(27)11-22(28)8-17)26(34)14-31-24-4-2-3-18-5-6-19(10-23(18)24)20-12-29-15-30-13-20/h5-8,10-13,15,24-26,31,34H,2-4,9,14H2,1H3,(H,32,33)/t24-,25-,26+/m0/s1. The minimum absolute atomic E-state index is 0.0348. The molecule has 3 N–H and O–H groups in total. The highest BCUT2D eigenvalue weighted by Gasteiger charge is 2.25. The molecule has 1 aromatic heterocycles. The molecular formula is C26H28F2N4O2. The number of hydrogen-bond acceptors (Lipinski definition) is 5. The Morgan fingerprint density at radius 3 is 2.56 bits per heavy atom. The fourth-order valence-corrected chi connectivity index (χ4v) is 4.57. The number of carbonyl (C=O) groups excluding carboxylic acids is 1.